The quantitative estimate of drug-likeness (QED) is 0.530. The molecule has 0 aromatic heterocycles. The number of thioether (sulfide) groups is 1. The Bertz CT molecular complexity index is 89.8. The minimum atomic E-state index is 0.646. The van der Waals surface area contributed by atoms with Gasteiger partial charge in [0.05, 0.1) is 0 Å². The minimum Gasteiger partial charge on any atom is -0.368 e. The van der Waals surface area contributed by atoms with Crippen molar-refractivity contribution in [2.45, 2.75) is 24.5 Å². The second-order valence-corrected chi connectivity index (χ2v) is 4.26. The van der Waals surface area contributed by atoms with Crippen molar-refractivity contribution in [3.05, 3.63) is 6.61 Å². The topological polar surface area (TPSA) is 9.23 Å². The van der Waals surface area contributed by atoms with E-state index in [9.17, 15) is 0 Å². The molecule has 0 amide bonds. The van der Waals surface area contributed by atoms with Gasteiger partial charge in [-0.25, -0.2) is 0 Å². The molecule has 2 atom stereocenters. The zero-order valence-electron chi connectivity index (χ0n) is 6.01. The molecular formula is C8H12OS. The Labute approximate surface area is 66.5 Å². The summed E-state index contributed by atoms with van der Waals surface area (Å²) >= 11 is 2.10. The fourth-order valence-corrected chi connectivity index (χ4v) is 2.92. The summed E-state index contributed by atoms with van der Waals surface area (Å²) in [5, 5.41) is 0.836. The fraction of sp³-hybridized carbons (Fsp3) is 0.875. The van der Waals surface area contributed by atoms with Crippen LogP contribution in [0.1, 0.15) is 19.3 Å². The zero-order chi connectivity index (χ0) is 6.81. The van der Waals surface area contributed by atoms with Crippen LogP contribution in [-0.2, 0) is 4.74 Å². The third-order valence-corrected chi connectivity index (χ3v) is 3.70. The largest absolute Gasteiger partial charge is 0.368 e. The molecule has 2 fully saturated rings. The van der Waals surface area contributed by atoms with E-state index in [0.717, 1.165) is 11.9 Å². The van der Waals surface area contributed by atoms with Crippen LogP contribution in [0.2, 0.25) is 0 Å². The summed E-state index contributed by atoms with van der Waals surface area (Å²) < 4.78 is 5.18. The summed E-state index contributed by atoms with van der Waals surface area (Å²) in [6.45, 7) is 4.00. The standard InChI is InChI=1S/C8H12OS/c1-2-7-6-9-4-3-8(7)10-5-1/h7-8H,1-5H2. The third kappa shape index (κ3) is 1.32. The number of fused-ring (bicyclic) bond motifs is 1. The Balaban J connectivity index is 1.93. The van der Waals surface area contributed by atoms with Gasteiger partial charge in [-0.1, -0.05) is 0 Å². The summed E-state index contributed by atoms with van der Waals surface area (Å²) in [6.07, 6.45) is 3.89. The molecule has 0 aromatic carbocycles. The molecule has 0 aliphatic carbocycles. The minimum absolute atomic E-state index is 0.646. The van der Waals surface area contributed by atoms with Crippen molar-refractivity contribution in [1.82, 2.24) is 0 Å². The van der Waals surface area contributed by atoms with E-state index < -0.39 is 0 Å². The fourth-order valence-electron chi connectivity index (χ4n) is 1.60. The molecule has 56 valence electrons. The molecule has 2 rings (SSSR count). The molecule has 0 aromatic rings. The molecule has 0 spiro atoms. The molecule has 2 radical (unpaired) electrons. The average Bonchev–Trinajstić information content (AvgIpc) is 2.05. The van der Waals surface area contributed by atoms with E-state index in [0.29, 0.717) is 5.92 Å². The highest BCUT2D eigenvalue weighted by atomic mass is 32.2. The van der Waals surface area contributed by atoms with Crippen LogP contribution >= 0.6 is 11.8 Å². The molecular weight excluding hydrogens is 144 g/mol. The maximum absolute atomic E-state index is 5.18. The molecule has 0 N–H and O–H groups in total. The van der Waals surface area contributed by atoms with E-state index in [1.54, 1.807) is 0 Å². The first-order valence-corrected chi connectivity index (χ1v) is 5.00. The van der Waals surface area contributed by atoms with Gasteiger partial charge in [0.1, 0.15) is 6.61 Å². The van der Waals surface area contributed by atoms with Crippen LogP contribution in [0.5, 0.6) is 0 Å². The highest BCUT2D eigenvalue weighted by Gasteiger charge is 2.29. The highest BCUT2D eigenvalue weighted by molar-refractivity contribution is 7.99. The normalized spacial score (nSPS) is 40.8. The van der Waals surface area contributed by atoms with Crippen LogP contribution in [0.25, 0.3) is 0 Å². The van der Waals surface area contributed by atoms with E-state index in [2.05, 4.69) is 18.4 Å². The van der Waals surface area contributed by atoms with Crippen LogP contribution in [0, 0.1) is 12.5 Å². The molecule has 10 heavy (non-hydrogen) atoms. The lowest BCUT2D eigenvalue weighted by atomic mass is 9.96. The molecule has 0 bridgehead atoms. The van der Waals surface area contributed by atoms with E-state index >= 15 is 0 Å². The van der Waals surface area contributed by atoms with Crippen LogP contribution in [-0.4, -0.2) is 17.6 Å². The van der Waals surface area contributed by atoms with Gasteiger partial charge in [-0.15, -0.1) is 0 Å². The van der Waals surface area contributed by atoms with Crippen molar-refractivity contribution in [2.75, 3.05) is 12.4 Å². The Morgan fingerprint density at radius 2 is 2.40 bits per heavy atom. The molecule has 2 heteroatoms. The van der Waals surface area contributed by atoms with E-state index in [-0.39, 0.29) is 0 Å². The second-order valence-electron chi connectivity index (χ2n) is 2.91. The summed E-state index contributed by atoms with van der Waals surface area (Å²) in [6, 6.07) is 0. The van der Waals surface area contributed by atoms with E-state index in [1.165, 1.54) is 25.0 Å². The molecule has 2 unspecified atom stereocenters. The third-order valence-electron chi connectivity index (χ3n) is 2.18. The number of hydrogen-bond donors (Lipinski definition) is 0. The van der Waals surface area contributed by atoms with Crippen LogP contribution in [0.3, 0.4) is 0 Å². The van der Waals surface area contributed by atoms with Crippen LogP contribution in [0.15, 0.2) is 0 Å². The van der Waals surface area contributed by atoms with Crippen molar-refractivity contribution >= 4 is 11.8 Å². The Kier molecular flexibility index (Phi) is 2.19. The lowest BCUT2D eigenvalue weighted by Crippen LogP contribution is -2.29. The first kappa shape index (κ1) is 6.99. The number of hydrogen-bond acceptors (Lipinski definition) is 2. The average molecular weight is 156 g/mol. The predicted octanol–water partition coefficient (Wildman–Crippen LogP) is 1.96. The maximum atomic E-state index is 5.18. The van der Waals surface area contributed by atoms with Crippen molar-refractivity contribution < 1.29 is 4.74 Å². The second kappa shape index (κ2) is 3.14. The molecule has 0 saturated carbocycles. The van der Waals surface area contributed by atoms with Gasteiger partial charge in [0, 0.05) is 17.8 Å². The summed E-state index contributed by atoms with van der Waals surface area (Å²) in [4.78, 5) is 0. The van der Waals surface area contributed by atoms with Gasteiger partial charge in [-0.2, -0.15) is 11.8 Å². The van der Waals surface area contributed by atoms with Crippen molar-refractivity contribution in [3.63, 3.8) is 0 Å². The summed E-state index contributed by atoms with van der Waals surface area (Å²) in [5.41, 5.74) is 0. The van der Waals surface area contributed by atoms with Gasteiger partial charge in [-0.05, 0) is 25.0 Å². The zero-order valence-corrected chi connectivity index (χ0v) is 6.82. The van der Waals surface area contributed by atoms with Gasteiger partial charge in [0.15, 0.2) is 0 Å². The van der Waals surface area contributed by atoms with E-state index in [1.807, 2.05) is 0 Å². The Morgan fingerprint density at radius 1 is 1.40 bits per heavy atom. The van der Waals surface area contributed by atoms with Crippen molar-refractivity contribution in [3.8, 4) is 0 Å². The Hall–Kier alpha value is 0.310. The monoisotopic (exact) mass is 156 g/mol. The van der Waals surface area contributed by atoms with Crippen LogP contribution < -0.4 is 0 Å². The van der Waals surface area contributed by atoms with Gasteiger partial charge >= 0.3 is 0 Å². The van der Waals surface area contributed by atoms with Crippen LogP contribution in [0.4, 0.5) is 0 Å². The first-order chi connectivity index (χ1) is 4.97. The molecule has 2 aliphatic heterocycles. The summed E-state index contributed by atoms with van der Waals surface area (Å²) in [7, 11) is 0. The lowest BCUT2D eigenvalue weighted by Gasteiger charge is -2.33. The van der Waals surface area contributed by atoms with Gasteiger partial charge in [0.25, 0.3) is 0 Å². The van der Waals surface area contributed by atoms with Crippen molar-refractivity contribution in [1.29, 1.82) is 0 Å². The molecule has 2 aliphatic rings. The maximum Gasteiger partial charge on any atom is 0.136 e. The van der Waals surface area contributed by atoms with Gasteiger partial charge < -0.3 is 4.74 Å². The smallest absolute Gasteiger partial charge is 0.136 e. The number of ether oxygens (including phenoxy) is 1. The summed E-state index contributed by atoms with van der Waals surface area (Å²) in [5.74, 6) is 2.00. The SMILES string of the molecule is [C]1OCCC2SCCCC12. The Morgan fingerprint density at radius 3 is 3.30 bits per heavy atom. The first-order valence-electron chi connectivity index (χ1n) is 3.96. The number of rotatable bonds is 0. The molecule has 2 saturated heterocycles. The van der Waals surface area contributed by atoms with E-state index in [4.69, 9.17) is 4.74 Å². The van der Waals surface area contributed by atoms with Gasteiger partial charge in [-0.3, -0.25) is 0 Å². The predicted molar refractivity (Wildman–Crippen MR) is 42.8 cm³/mol. The van der Waals surface area contributed by atoms with Gasteiger partial charge in [0.2, 0.25) is 0 Å². The lowest BCUT2D eigenvalue weighted by molar-refractivity contribution is 0.115. The highest BCUT2D eigenvalue weighted by Crippen LogP contribution is 2.36. The van der Waals surface area contributed by atoms with Crippen molar-refractivity contribution in [2.24, 2.45) is 5.92 Å². The molecule has 1 nitrogen and oxygen atoms in total. The molecule has 2 heterocycles.